The molecule has 0 aliphatic rings. The van der Waals surface area contributed by atoms with Crippen molar-refractivity contribution >= 4 is 23.2 Å². The second-order valence-electron chi connectivity index (χ2n) is 6.12. The molecule has 0 saturated carbocycles. The van der Waals surface area contributed by atoms with Crippen LogP contribution in [0.4, 0.5) is 5.69 Å². The molecule has 26 heavy (non-hydrogen) atoms. The van der Waals surface area contributed by atoms with E-state index in [4.69, 9.17) is 16.3 Å². The Morgan fingerprint density at radius 3 is 2.62 bits per heavy atom. The number of aliphatic hydroxyl groups excluding tert-OH is 1. The minimum absolute atomic E-state index is 0.00617. The van der Waals surface area contributed by atoms with Crippen LogP contribution >= 0.6 is 11.6 Å². The van der Waals surface area contributed by atoms with E-state index >= 15 is 0 Å². The summed E-state index contributed by atoms with van der Waals surface area (Å²) in [6.45, 7) is 4.45. The number of aryl methyl sites for hydroxylation is 1. The third kappa shape index (κ3) is 6.33. The number of hydrogen-bond donors (Lipinski definition) is 3. The molecule has 0 aliphatic heterocycles. The quantitative estimate of drug-likeness (QED) is 0.626. The summed E-state index contributed by atoms with van der Waals surface area (Å²) in [5.74, 6) is 0.359. The van der Waals surface area contributed by atoms with Gasteiger partial charge in [0, 0.05) is 28.9 Å². The molecule has 3 N–H and O–H groups in total. The van der Waals surface area contributed by atoms with Crippen LogP contribution in [0.25, 0.3) is 0 Å². The van der Waals surface area contributed by atoms with Crippen LogP contribution in [0.3, 0.4) is 0 Å². The third-order valence-corrected chi connectivity index (χ3v) is 4.25. The minimum Gasteiger partial charge on any atom is -0.483 e. The summed E-state index contributed by atoms with van der Waals surface area (Å²) >= 11 is 6.07. The Morgan fingerprint density at radius 2 is 1.96 bits per heavy atom. The number of carbonyl (C=O) groups is 1. The van der Waals surface area contributed by atoms with E-state index in [-0.39, 0.29) is 25.2 Å². The number of rotatable bonds is 9. The molecular formula is C20H25ClN2O3. The Bertz CT molecular complexity index is 715. The average Bonchev–Trinajstić information content (AvgIpc) is 2.64. The SMILES string of the molecule is CCC(CO)NCc1cc(Cl)ccc1OCC(=O)Nc1ccc(C)cc1. The molecule has 0 bridgehead atoms. The topological polar surface area (TPSA) is 70.6 Å². The van der Waals surface area contributed by atoms with Gasteiger partial charge in [-0.15, -0.1) is 0 Å². The van der Waals surface area contributed by atoms with Crippen LogP contribution in [-0.2, 0) is 11.3 Å². The first-order valence-corrected chi connectivity index (χ1v) is 9.01. The zero-order valence-corrected chi connectivity index (χ0v) is 15.8. The second kappa shape index (κ2) is 10.2. The van der Waals surface area contributed by atoms with Crippen molar-refractivity contribution in [2.45, 2.75) is 32.9 Å². The molecule has 2 aromatic carbocycles. The molecule has 6 heteroatoms. The molecule has 0 spiro atoms. The number of nitrogens with one attached hydrogen (secondary N) is 2. The largest absolute Gasteiger partial charge is 0.483 e. The third-order valence-electron chi connectivity index (χ3n) is 4.01. The van der Waals surface area contributed by atoms with Gasteiger partial charge in [0.15, 0.2) is 6.61 Å². The molecule has 1 amide bonds. The number of aliphatic hydroxyl groups is 1. The van der Waals surface area contributed by atoms with Crippen LogP contribution in [0.5, 0.6) is 5.75 Å². The van der Waals surface area contributed by atoms with E-state index in [1.165, 1.54) is 0 Å². The van der Waals surface area contributed by atoms with E-state index in [1.54, 1.807) is 18.2 Å². The number of halogens is 1. The van der Waals surface area contributed by atoms with Gasteiger partial charge in [-0.25, -0.2) is 0 Å². The number of carbonyl (C=O) groups excluding carboxylic acids is 1. The predicted molar refractivity (Wildman–Crippen MR) is 105 cm³/mol. The number of benzene rings is 2. The Labute approximate surface area is 159 Å². The first kappa shape index (κ1) is 20.2. The van der Waals surface area contributed by atoms with Gasteiger partial charge in [0.05, 0.1) is 6.61 Å². The Kier molecular flexibility index (Phi) is 7.91. The van der Waals surface area contributed by atoms with Gasteiger partial charge in [0.1, 0.15) is 5.75 Å². The fourth-order valence-corrected chi connectivity index (χ4v) is 2.59. The number of anilines is 1. The number of ether oxygens (including phenoxy) is 1. The maximum Gasteiger partial charge on any atom is 0.262 e. The maximum atomic E-state index is 12.1. The number of hydrogen-bond acceptors (Lipinski definition) is 4. The van der Waals surface area contributed by atoms with Crippen molar-refractivity contribution in [3.63, 3.8) is 0 Å². The van der Waals surface area contributed by atoms with E-state index in [0.717, 1.165) is 23.2 Å². The van der Waals surface area contributed by atoms with Crippen molar-refractivity contribution in [1.82, 2.24) is 5.32 Å². The van der Waals surface area contributed by atoms with E-state index in [0.29, 0.717) is 17.3 Å². The normalized spacial score (nSPS) is 11.8. The molecule has 5 nitrogen and oxygen atoms in total. The molecule has 1 unspecified atom stereocenters. The van der Waals surface area contributed by atoms with Crippen LogP contribution in [-0.4, -0.2) is 30.3 Å². The fraction of sp³-hybridized carbons (Fsp3) is 0.350. The van der Waals surface area contributed by atoms with E-state index < -0.39 is 0 Å². The molecule has 0 heterocycles. The summed E-state index contributed by atoms with van der Waals surface area (Å²) in [5.41, 5.74) is 2.70. The van der Waals surface area contributed by atoms with Gasteiger partial charge in [-0.05, 0) is 43.7 Å². The molecule has 2 aromatic rings. The number of amides is 1. The van der Waals surface area contributed by atoms with Gasteiger partial charge in [-0.2, -0.15) is 0 Å². The Balaban J connectivity index is 1.95. The molecule has 1 atom stereocenters. The van der Waals surface area contributed by atoms with Crippen LogP contribution in [0.1, 0.15) is 24.5 Å². The van der Waals surface area contributed by atoms with Gasteiger partial charge in [0.25, 0.3) is 5.91 Å². The van der Waals surface area contributed by atoms with Crippen molar-refractivity contribution in [3.05, 3.63) is 58.6 Å². The van der Waals surface area contributed by atoms with Crippen molar-refractivity contribution < 1.29 is 14.6 Å². The molecular weight excluding hydrogens is 352 g/mol. The highest BCUT2D eigenvalue weighted by Gasteiger charge is 2.10. The molecule has 0 aliphatic carbocycles. The maximum absolute atomic E-state index is 12.1. The van der Waals surface area contributed by atoms with Crippen molar-refractivity contribution in [2.24, 2.45) is 0 Å². The second-order valence-corrected chi connectivity index (χ2v) is 6.56. The first-order valence-electron chi connectivity index (χ1n) is 8.63. The predicted octanol–water partition coefficient (Wildman–Crippen LogP) is 3.53. The van der Waals surface area contributed by atoms with Crippen molar-refractivity contribution in [2.75, 3.05) is 18.5 Å². The summed E-state index contributed by atoms with van der Waals surface area (Å²) in [6.07, 6.45) is 0.812. The lowest BCUT2D eigenvalue weighted by Gasteiger charge is -2.17. The van der Waals surface area contributed by atoms with E-state index in [1.807, 2.05) is 38.1 Å². The molecule has 2 rings (SSSR count). The Hall–Kier alpha value is -2.08. The standard InChI is InChI=1S/C20H25ClN2O3/c1-3-17(12-24)22-11-15-10-16(21)6-9-19(15)26-13-20(25)23-18-7-4-14(2)5-8-18/h4-10,17,22,24H,3,11-13H2,1-2H3,(H,23,25). The molecule has 0 aromatic heterocycles. The molecule has 0 fully saturated rings. The lowest BCUT2D eigenvalue weighted by Crippen LogP contribution is -2.31. The smallest absolute Gasteiger partial charge is 0.262 e. The van der Waals surface area contributed by atoms with Crippen molar-refractivity contribution in [1.29, 1.82) is 0 Å². The molecule has 0 saturated heterocycles. The zero-order chi connectivity index (χ0) is 18.9. The van der Waals surface area contributed by atoms with Gasteiger partial charge in [-0.1, -0.05) is 36.2 Å². The van der Waals surface area contributed by atoms with Gasteiger partial charge in [0.2, 0.25) is 0 Å². The van der Waals surface area contributed by atoms with E-state index in [2.05, 4.69) is 10.6 Å². The van der Waals surface area contributed by atoms with Crippen LogP contribution in [0, 0.1) is 6.92 Å². The average molecular weight is 377 g/mol. The highest BCUT2D eigenvalue weighted by Crippen LogP contribution is 2.23. The first-order chi connectivity index (χ1) is 12.5. The summed E-state index contributed by atoms with van der Waals surface area (Å²) in [4.78, 5) is 12.1. The summed E-state index contributed by atoms with van der Waals surface area (Å²) in [6, 6.07) is 12.9. The highest BCUT2D eigenvalue weighted by atomic mass is 35.5. The van der Waals surface area contributed by atoms with Crippen LogP contribution in [0.15, 0.2) is 42.5 Å². The van der Waals surface area contributed by atoms with Crippen LogP contribution < -0.4 is 15.4 Å². The summed E-state index contributed by atoms with van der Waals surface area (Å²) in [5, 5.41) is 15.9. The van der Waals surface area contributed by atoms with Gasteiger partial charge in [-0.3, -0.25) is 4.79 Å². The molecule has 140 valence electrons. The zero-order valence-electron chi connectivity index (χ0n) is 15.1. The summed E-state index contributed by atoms with van der Waals surface area (Å²) in [7, 11) is 0. The highest BCUT2D eigenvalue weighted by molar-refractivity contribution is 6.30. The Morgan fingerprint density at radius 1 is 1.23 bits per heavy atom. The summed E-state index contributed by atoms with van der Waals surface area (Å²) < 4.78 is 5.68. The van der Waals surface area contributed by atoms with Gasteiger partial charge >= 0.3 is 0 Å². The van der Waals surface area contributed by atoms with Gasteiger partial charge < -0.3 is 20.5 Å². The van der Waals surface area contributed by atoms with E-state index in [9.17, 15) is 9.90 Å². The molecule has 0 radical (unpaired) electrons. The lowest BCUT2D eigenvalue weighted by atomic mass is 10.1. The fourth-order valence-electron chi connectivity index (χ4n) is 2.40. The minimum atomic E-state index is -0.232. The monoisotopic (exact) mass is 376 g/mol. The lowest BCUT2D eigenvalue weighted by molar-refractivity contribution is -0.118. The van der Waals surface area contributed by atoms with Crippen LogP contribution in [0.2, 0.25) is 5.02 Å². The van der Waals surface area contributed by atoms with Crippen molar-refractivity contribution in [3.8, 4) is 5.75 Å².